The van der Waals surface area contributed by atoms with E-state index in [9.17, 15) is 8.78 Å². The van der Waals surface area contributed by atoms with Gasteiger partial charge in [-0.15, -0.1) is 11.3 Å². The van der Waals surface area contributed by atoms with E-state index in [1.807, 2.05) is 13.0 Å². The number of hydrogen-bond donors (Lipinski definition) is 1. The number of aromatic nitrogens is 1. The molecule has 2 N–H and O–H groups in total. The van der Waals surface area contributed by atoms with Crippen molar-refractivity contribution in [1.82, 2.24) is 5.16 Å². The first-order chi connectivity index (χ1) is 9.97. The number of nitrogens with zero attached hydrogens (tertiary/aromatic N) is 1. The van der Waals surface area contributed by atoms with Gasteiger partial charge in [-0.2, -0.15) is 0 Å². The van der Waals surface area contributed by atoms with Crippen molar-refractivity contribution in [3.8, 4) is 21.7 Å². The van der Waals surface area contributed by atoms with E-state index in [1.165, 1.54) is 23.5 Å². The summed E-state index contributed by atoms with van der Waals surface area (Å²) in [4.78, 5) is 0.790. The van der Waals surface area contributed by atoms with E-state index in [2.05, 4.69) is 21.1 Å². The van der Waals surface area contributed by atoms with Gasteiger partial charge in [0.2, 0.25) is 5.88 Å². The van der Waals surface area contributed by atoms with Crippen molar-refractivity contribution in [3.63, 3.8) is 0 Å². The summed E-state index contributed by atoms with van der Waals surface area (Å²) in [5, 5.41) is 3.91. The minimum atomic E-state index is -0.710. The maximum Gasteiger partial charge on any atom is 0.230 e. The van der Waals surface area contributed by atoms with E-state index in [0.29, 0.717) is 11.3 Å². The number of rotatable bonds is 2. The van der Waals surface area contributed by atoms with Gasteiger partial charge in [0, 0.05) is 11.6 Å². The van der Waals surface area contributed by atoms with E-state index in [-0.39, 0.29) is 11.4 Å². The molecule has 0 saturated carbocycles. The van der Waals surface area contributed by atoms with Crippen LogP contribution in [0.25, 0.3) is 21.7 Å². The monoisotopic (exact) mass is 370 g/mol. The minimum Gasteiger partial charge on any atom is -0.367 e. The summed E-state index contributed by atoms with van der Waals surface area (Å²) >= 11 is 4.87. The number of aryl methyl sites for hydroxylation is 1. The molecule has 21 heavy (non-hydrogen) atoms. The number of thiophene rings is 1. The fourth-order valence-electron chi connectivity index (χ4n) is 2.00. The molecule has 0 aliphatic rings. The molecule has 2 heterocycles. The second-order valence-electron chi connectivity index (χ2n) is 4.46. The molecule has 3 nitrogen and oxygen atoms in total. The van der Waals surface area contributed by atoms with Gasteiger partial charge in [0.05, 0.1) is 14.2 Å². The second kappa shape index (κ2) is 5.23. The van der Waals surface area contributed by atoms with Gasteiger partial charge in [-0.1, -0.05) is 5.16 Å². The molecule has 0 bridgehead atoms. The number of halogens is 3. The maximum atomic E-state index is 14.0. The quantitative estimate of drug-likeness (QED) is 0.690. The molecular weight excluding hydrogens is 362 g/mol. The fourth-order valence-corrected chi connectivity index (χ4v) is 3.52. The summed E-state index contributed by atoms with van der Waals surface area (Å²) in [6, 6.07) is 5.20. The van der Waals surface area contributed by atoms with Gasteiger partial charge >= 0.3 is 0 Å². The van der Waals surface area contributed by atoms with E-state index >= 15 is 0 Å². The van der Waals surface area contributed by atoms with Crippen LogP contribution in [0.3, 0.4) is 0 Å². The molecule has 3 rings (SSSR count). The Hall–Kier alpha value is -1.73. The van der Waals surface area contributed by atoms with Gasteiger partial charge in [-0.05, 0) is 46.6 Å². The maximum absolute atomic E-state index is 14.0. The van der Waals surface area contributed by atoms with Crippen molar-refractivity contribution in [2.24, 2.45) is 0 Å². The van der Waals surface area contributed by atoms with Crippen molar-refractivity contribution >= 4 is 33.2 Å². The molecule has 7 heteroatoms. The Morgan fingerprint density at radius 2 is 2.05 bits per heavy atom. The van der Waals surface area contributed by atoms with Gasteiger partial charge < -0.3 is 10.3 Å². The molecule has 3 aromatic rings. The van der Waals surface area contributed by atoms with Crippen LogP contribution in [-0.2, 0) is 0 Å². The highest BCUT2D eigenvalue weighted by Gasteiger charge is 2.22. The highest BCUT2D eigenvalue weighted by molar-refractivity contribution is 9.11. The average Bonchev–Trinajstić information content (AvgIpc) is 2.94. The van der Waals surface area contributed by atoms with E-state index in [1.54, 1.807) is 0 Å². The summed E-state index contributed by atoms with van der Waals surface area (Å²) in [6.45, 7) is 1.94. The van der Waals surface area contributed by atoms with Gasteiger partial charge in [0.25, 0.3) is 0 Å². The summed E-state index contributed by atoms with van der Waals surface area (Å²) in [5.41, 5.74) is 7.73. The Morgan fingerprint density at radius 1 is 1.29 bits per heavy atom. The molecule has 0 aliphatic heterocycles. The lowest BCUT2D eigenvalue weighted by atomic mass is 10.0. The fraction of sp³-hybridized carbons (Fsp3) is 0.0714. The molecule has 0 spiro atoms. The lowest BCUT2D eigenvalue weighted by Crippen LogP contribution is -1.91. The first-order valence-electron chi connectivity index (χ1n) is 5.94. The molecule has 1 aromatic carbocycles. The van der Waals surface area contributed by atoms with Crippen LogP contribution in [-0.4, -0.2) is 5.16 Å². The zero-order chi connectivity index (χ0) is 15.1. The van der Waals surface area contributed by atoms with Crippen molar-refractivity contribution in [3.05, 3.63) is 45.2 Å². The zero-order valence-corrected chi connectivity index (χ0v) is 13.2. The van der Waals surface area contributed by atoms with Gasteiger partial charge in [0.15, 0.2) is 0 Å². The Morgan fingerprint density at radius 3 is 2.67 bits per heavy atom. The first-order valence-corrected chi connectivity index (χ1v) is 7.55. The van der Waals surface area contributed by atoms with E-state index in [0.717, 1.165) is 20.3 Å². The molecule has 2 aromatic heterocycles. The van der Waals surface area contributed by atoms with Gasteiger partial charge in [0.1, 0.15) is 17.3 Å². The SMILES string of the molecule is Cc1cc(-c2noc(N)c2-c2ccc(F)cc2F)sc1Br. The third kappa shape index (κ3) is 2.47. The Bertz CT molecular complexity index is 809. The Balaban J connectivity index is 2.21. The smallest absolute Gasteiger partial charge is 0.230 e. The Kier molecular flexibility index (Phi) is 3.54. The first kappa shape index (κ1) is 14.2. The standard InChI is InChI=1S/C14H9BrF2N2OS/c1-6-4-10(21-13(6)15)12-11(14(18)20-19-12)8-3-2-7(16)5-9(8)17/h2-5H,18H2,1H3. The summed E-state index contributed by atoms with van der Waals surface area (Å²) in [5.74, 6) is -1.36. The lowest BCUT2D eigenvalue weighted by Gasteiger charge is -2.03. The van der Waals surface area contributed by atoms with Crippen LogP contribution < -0.4 is 5.73 Å². The summed E-state index contributed by atoms with van der Waals surface area (Å²) in [6.07, 6.45) is 0. The van der Waals surface area contributed by atoms with Crippen molar-refractivity contribution in [2.75, 3.05) is 5.73 Å². The summed E-state index contributed by atoms with van der Waals surface area (Å²) in [7, 11) is 0. The molecule has 0 amide bonds. The second-order valence-corrected chi connectivity index (χ2v) is 6.83. The van der Waals surface area contributed by atoms with Gasteiger partial charge in [-0.25, -0.2) is 8.78 Å². The summed E-state index contributed by atoms with van der Waals surface area (Å²) < 4.78 is 33.0. The molecule has 0 atom stereocenters. The third-order valence-electron chi connectivity index (χ3n) is 3.01. The number of benzene rings is 1. The molecule has 0 aliphatic carbocycles. The van der Waals surface area contributed by atoms with Crippen LogP contribution in [0.15, 0.2) is 32.6 Å². The van der Waals surface area contributed by atoms with Crippen LogP contribution in [0.5, 0.6) is 0 Å². The number of anilines is 1. The van der Waals surface area contributed by atoms with E-state index in [4.69, 9.17) is 10.3 Å². The van der Waals surface area contributed by atoms with Crippen LogP contribution in [0.4, 0.5) is 14.7 Å². The molecule has 0 saturated heterocycles. The van der Waals surface area contributed by atoms with Crippen molar-refractivity contribution in [2.45, 2.75) is 6.92 Å². The number of nitrogen functional groups attached to an aromatic ring is 1. The minimum absolute atomic E-state index is 0.00214. The van der Waals surface area contributed by atoms with E-state index < -0.39 is 11.6 Å². The average molecular weight is 371 g/mol. The molecule has 0 radical (unpaired) electrons. The molecule has 0 unspecified atom stereocenters. The molecule has 0 fully saturated rings. The van der Waals surface area contributed by atoms with Crippen LogP contribution >= 0.6 is 27.3 Å². The highest BCUT2D eigenvalue weighted by Crippen LogP contribution is 2.42. The third-order valence-corrected chi connectivity index (χ3v) is 5.15. The normalized spacial score (nSPS) is 11.0. The lowest BCUT2D eigenvalue weighted by molar-refractivity contribution is 0.439. The van der Waals surface area contributed by atoms with Crippen LogP contribution in [0.2, 0.25) is 0 Å². The van der Waals surface area contributed by atoms with Gasteiger partial charge in [-0.3, -0.25) is 0 Å². The highest BCUT2D eigenvalue weighted by atomic mass is 79.9. The van der Waals surface area contributed by atoms with Crippen molar-refractivity contribution < 1.29 is 13.3 Å². The predicted molar refractivity (Wildman–Crippen MR) is 82.0 cm³/mol. The Labute approximate surface area is 131 Å². The van der Waals surface area contributed by atoms with Crippen molar-refractivity contribution in [1.29, 1.82) is 0 Å². The van der Waals surface area contributed by atoms with Crippen LogP contribution in [0.1, 0.15) is 5.56 Å². The largest absolute Gasteiger partial charge is 0.367 e. The zero-order valence-electron chi connectivity index (χ0n) is 10.8. The number of hydrogen-bond acceptors (Lipinski definition) is 4. The molecular formula is C14H9BrF2N2OS. The predicted octanol–water partition coefficient (Wildman–Crippen LogP) is 5.00. The number of nitrogens with two attached hydrogens (primary N) is 1. The topological polar surface area (TPSA) is 52.0 Å². The van der Waals surface area contributed by atoms with Crippen LogP contribution in [0, 0.1) is 18.6 Å². The molecule has 108 valence electrons.